The zero-order valence-corrected chi connectivity index (χ0v) is 11.1. The summed E-state index contributed by atoms with van der Waals surface area (Å²) < 4.78 is 10.9. The second-order valence-electron chi connectivity index (χ2n) is 5.03. The van der Waals surface area contributed by atoms with Crippen molar-refractivity contribution in [2.75, 3.05) is 26.0 Å². The van der Waals surface area contributed by atoms with Crippen molar-refractivity contribution < 1.29 is 9.15 Å². The molecule has 1 aromatic heterocycles. The Morgan fingerprint density at radius 3 is 3.05 bits per heavy atom. The third-order valence-corrected chi connectivity index (χ3v) is 3.44. The van der Waals surface area contributed by atoms with E-state index in [9.17, 15) is 0 Å². The molecule has 0 aliphatic heterocycles. The molecule has 19 heavy (non-hydrogen) atoms. The smallest absolute Gasteiger partial charge is 0.209 e. The Kier molecular flexibility index (Phi) is 3.40. The van der Waals surface area contributed by atoms with Crippen molar-refractivity contribution in [1.29, 1.82) is 0 Å². The van der Waals surface area contributed by atoms with Gasteiger partial charge in [-0.1, -0.05) is 0 Å². The Hall–Kier alpha value is -1.59. The van der Waals surface area contributed by atoms with Crippen LogP contribution < -0.4 is 5.73 Å². The quantitative estimate of drug-likeness (QED) is 0.806. The molecule has 1 fully saturated rings. The predicted octanol–water partition coefficient (Wildman–Crippen LogP) is 2.02. The number of nitrogens with zero attached hydrogens (tertiary/aromatic N) is 2. The van der Waals surface area contributed by atoms with Gasteiger partial charge in [-0.3, -0.25) is 4.90 Å². The van der Waals surface area contributed by atoms with Gasteiger partial charge in [0.05, 0.1) is 13.2 Å². The van der Waals surface area contributed by atoms with Crippen molar-refractivity contribution in [3.8, 4) is 0 Å². The number of ether oxygens (including phenoxy) is 1. The van der Waals surface area contributed by atoms with E-state index in [0.717, 1.165) is 36.7 Å². The summed E-state index contributed by atoms with van der Waals surface area (Å²) in [6.07, 6.45) is 2.52. The fourth-order valence-electron chi connectivity index (χ4n) is 2.27. The number of anilines is 1. The van der Waals surface area contributed by atoms with Gasteiger partial charge in [-0.25, -0.2) is 4.98 Å². The first kappa shape index (κ1) is 12.4. The van der Waals surface area contributed by atoms with Crippen LogP contribution in [0.4, 0.5) is 5.69 Å². The molecule has 0 saturated heterocycles. The number of aromatic nitrogens is 1. The minimum Gasteiger partial charge on any atom is -0.439 e. The molecule has 0 spiro atoms. The molecular formula is C14H19N3O2. The summed E-state index contributed by atoms with van der Waals surface area (Å²) >= 11 is 0. The minimum atomic E-state index is 0.662. The van der Waals surface area contributed by atoms with Gasteiger partial charge in [0, 0.05) is 25.4 Å². The number of nitrogens with two attached hydrogens (primary N) is 1. The van der Waals surface area contributed by atoms with E-state index >= 15 is 0 Å². The number of rotatable bonds is 6. The van der Waals surface area contributed by atoms with Gasteiger partial charge in [-0.2, -0.15) is 0 Å². The van der Waals surface area contributed by atoms with Gasteiger partial charge in [0.15, 0.2) is 5.58 Å². The number of oxazole rings is 1. The molecule has 3 rings (SSSR count). The molecule has 1 saturated carbocycles. The van der Waals surface area contributed by atoms with Crippen LogP contribution in [0, 0.1) is 0 Å². The maximum Gasteiger partial charge on any atom is 0.209 e. The van der Waals surface area contributed by atoms with E-state index in [4.69, 9.17) is 14.9 Å². The standard InChI is InChI=1S/C14H19N3O2/c1-18-7-6-17(11-3-4-11)9-14-16-12-8-10(15)2-5-13(12)19-14/h2,5,8,11H,3-4,6-7,9,15H2,1H3. The average molecular weight is 261 g/mol. The molecule has 0 amide bonds. The zero-order chi connectivity index (χ0) is 13.2. The van der Waals surface area contributed by atoms with Gasteiger partial charge in [0.25, 0.3) is 0 Å². The van der Waals surface area contributed by atoms with Crippen LogP contribution in [-0.4, -0.2) is 36.2 Å². The highest BCUT2D eigenvalue weighted by molar-refractivity contribution is 5.76. The first-order valence-corrected chi connectivity index (χ1v) is 6.64. The van der Waals surface area contributed by atoms with Crippen molar-refractivity contribution in [1.82, 2.24) is 9.88 Å². The lowest BCUT2D eigenvalue weighted by atomic mass is 10.3. The molecule has 1 aliphatic carbocycles. The summed E-state index contributed by atoms with van der Waals surface area (Å²) in [4.78, 5) is 6.88. The Morgan fingerprint density at radius 2 is 2.32 bits per heavy atom. The highest BCUT2D eigenvalue weighted by Crippen LogP contribution is 2.28. The second-order valence-corrected chi connectivity index (χ2v) is 5.03. The van der Waals surface area contributed by atoms with Gasteiger partial charge >= 0.3 is 0 Å². The minimum absolute atomic E-state index is 0.662. The van der Waals surface area contributed by atoms with Crippen molar-refractivity contribution in [3.63, 3.8) is 0 Å². The normalized spacial score (nSPS) is 15.5. The molecule has 1 aromatic carbocycles. The van der Waals surface area contributed by atoms with E-state index in [-0.39, 0.29) is 0 Å². The average Bonchev–Trinajstić information content (AvgIpc) is 3.15. The van der Waals surface area contributed by atoms with E-state index in [1.165, 1.54) is 12.8 Å². The van der Waals surface area contributed by atoms with E-state index in [0.29, 0.717) is 11.7 Å². The number of nitrogen functional groups attached to an aromatic ring is 1. The lowest BCUT2D eigenvalue weighted by Crippen LogP contribution is -2.29. The van der Waals surface area contributed by atoms with Crippen LogP contribution in [0.2, 0.25) is 0 Å². The molecular weight excluding hydrogens is 242 g/mol. The Labute approximate surface area is 112 Å². The van der Waals surface area contributed by atoms with Gasteiger partial charge < -0.3 is 14.9 Å². The van der Waals surface area contributed by atoms with E-state index in [1.807, 2.05) is 18.2 Å². The first-order chi connectivity index (χ1) is 9.26. The third kappa shape index (κ3) is 2.88. The van der Waals surface area contributed by atoms with E-state index < -0.39 is 0 Å². The summed E-state index contributed by atoms with van der Waals surface area (Å²) in [5.41, 5.74) is 8.09. The first-order valence-electron chi connectivity index (χ1n) is 6.64. The molecule has 102 valence electrons. The maximum atomic E-state index is 5.76. The number of hydrogen-bond acceptors (Lipinski definition) is 5. The highest BCUT2D eigenvalue weighted by Gasteiger charge is 2.29. The Morgan fingerprint density at radius 1 is 1.47 bits per heavy atom. The predicted molar refractivity (Wildman–Crippen MR) is 73.7 cm³/mol. The van der Waals surface area contributed by atoms with E-state index in [2.05, 4.69) is 9.88 Å². The van der Waals surface area contributed by atoms with Crippen molar-refractivity contribution in [2.24, 2.45) is 0 Å². The molecule has 1 heterocycles. The van der Waals surface area contributed by atoms with Crippen LogP contribution in [0.3, 0.4) is 0 Å². The molecule has 5 heteroatoms. The lowest BCUT2D eigenvalue weighted by molar-refractivity contribution is 0.134. The molecule has 0 bridgehead atoms. The zero-order valence-electron chi connectivity index (χ0n) is 11.1. The maximum absolute atomic E-state index is 5.76. The van der Waals surface area contributed by atoms with Crippen molar-refractivity contribution >= 4 is 16.8 Å². The second kappa shape index (κ2) is 5.19. The van der Waals surface area contributed by atoms with Crippen molar-refractivity contribution in [2.45, 2.75) is 25.4 Å². The molecule has 2 aromatic rings. The molecule has 2 N–H and O–H groups in total. The van der Waals surface area contributed by atoms with Crippen LogP contribution in [-0.2, 0) is 11.3 Å². The lowest BCUT2D eigenvalue weighted by Gasteiger charge is -2.19. The van der Waals surface area contributed by atoms with Crippen LogP contribution in [0.25, 0.3) is 11.1 Å². The number of benzene rings is 1. The summed E-state index contributed by atoms with van der Waals surface area (Å²) in [5.74, 6) is 0.753. The van der Waals surface area contributed by atoms with Gasteiger partial charge in [-0.15, -0.1) is 0 Å². The van der Waals surface area contributed by atoms with Gasteiger partial charge in [-0.05, 0) is 31.0 Å². The summed E-state index contributed by atoms with van der Waals surface area (Å²) in [7, 11) is 1.73. The molecule has 0 unspecified atom stereocenters. The third-order valence-electron chi connectivity index (χ3n) is 3.44. The monoisotopic (exact) mass is 261 g/mol. The topological polar surface area (TPSA) is 64.5 Å². The van der Waals surface area contributed by atoms with E-state index in [1.54, 1.807) is 7.11 Å². The number of hydrogen-bond donors (Lipinski definition) is 1. The fraction of sp³-hybridized carbons (Fsp3) is 0.500. The van der Waals surface area contributed by atoms with Gasteiger partial charge in [0.2, 0.25) is 5.89 Å². The SMILES string of the molecule is COCCN(Cc1nc2cc(N)ccc2o1)C1CC1. The molecule has 5 nitrogen and oxygen atoms in total. The van der Waals surface area contributed by atoms with Crippen LogP contribution in [0.15, 0.2) is 22.6 Å². The summed E-state index contributed by atoms with van der Waals surface area (Å²) in [6, 6.07) is 6.22. The largest absolute Gasteiger partial charge is 0.439 e. The van der Waals surface area contributed by atoms with Crippen LogP contribution in [0.5, 0.6) is 0 Å². The molecule has 0 radical (unpaired) electrons. The summed E-state index contributed by atoms with van der Waals surface area (Å²) in [5, 5.41) is 0. The molecule has 0 atom stereocenters. The fourth-order valence-corrected chi connectivity index (χ4v) is 2.27. The van der Waals surface area contributed by atoms with Crippen molar-refractivity contribution in [3.05, 3.63) is 24.1 Å². The number of methoxy groups -OCH3 is 1. The van der Waals surface area contributed by atoms with Crippen LogP contribution >= 0.6 is 0 Å². The molecule has 1 aliphatic rings. The Balaban J connectivity index is 1.75. The van der Waals surface area contributed by atoms with Gasteiger partial charge in [0.1, 0.15) is 5.52 Å². The number of fused-ring (bicyclic) bond motifs is 1. The highest BCUT2D eigenvalue weighted by atomic mass is 16.5. The van der Waals surface area contributed by atoms with Crippen LogP contribution in [0.1, 0.15) is 18.7 Å². The summed E-state index contributed by atoms with van der Waals surface area (Å²) in [6.45, 7) is 2.40. The Bertz CT molecular complexity index is 563.